The first-order valence-corrected chi connectivity index (χ1v) is 9.21. The third kappa shape index (κ3) is 5.58. The summed E-state index contributed by atoms with van der Waals surface area (Å²) in [4.78, 5) is 18.4. The fourth-order valence-corrected chi connectivity index (χ4v) is 2.79. The van der Waals surface area contributed by atoms with Crippen LogP contribution in [-0.4, -0.2) is 34.7 Å². The van der Waals surface area contributed by atoms with Gasteiger partial charge in [0.1, 0.15) is 18.0 Å². The summed E-state index contributed by atoms with van der Waals surface area (Å²) < 4.78 is 11.2. The molecular formula is C22H26N2O3. The van der Waals surface area contributed by atoms with E-state index >= 15 is 0 Å². The lowest BCUT2D eigenvalue weighted by Gasteiger charge is -2.29. The van der Waals surface area contributed by atoms with Crippen molar-refractivity contribution in [3.63, 3.8) is 0 Å². The molecule has 2 aromatic rings. The van der Waals surface area contributed by atoms with E-state index < -0.39 is 5.60 Å². The Kier molecular flexibility index (Phi) is 5.79. The summed E-state index contributed by atoms with van der Waals surface area (Å²) in [6.45, 7) is 7.33. The second-order valence-electron chi connectivity index (χ2n) is 7.56. The Hall–Kier alpha value is -2.82. The molecule has 1 aliphatic rings. The number of aromatic nitrogens is 1. The van der Waals surface area contributed by atoms with Gasteiger partial charge in [-0.05, 0) is 50.5 Å². The number of nitrogens with zero attached hydrogens (tertiary/aromatic N) is 2. The fraction of sp³-hybridized carbons (Fsp3) is 0.364. The van der Waals surface area contributed by atoms with Crippen molar-refractivity contribution < 1.29 is 14.3 Å². The number of hydrogen-bond donors (Lipinski definition) is 0. The lowest BCUT2D eigenvalue weighted by molar-refractivity contribution is 0.0270. The van der Waals surface area contributed by atoms with Crippen LogP contribution in [0.1, 0.15) is 38.4 Å². The SMILES string of the molecule is CC(C)(C)OC(=O)N1CC=C(c2ccc(OCc3ccccc3)cn2)CC1. The number of amides is 1. The van der Waals surface area contributed by atoms with Crippen LogP contribution in [0.5, 0.6) is 5.75 Å². The van der Waals surface area contributed by atoms with Crippen molar-refractivity contribution in [1.29, 1.82) is 0 Å². The van der Waals surface area contributed by atoms with E-state index in [0.717, 1.165) is 29.0 Å². The van der Waals surface area contributed by atoms with Gasteiger partial charge in [-0.1, -0.05) is 36.4 Å². The van der Waals surface area contributed by atoms with Crippen LogP contribution in [0, 0.1) is 0 Å². The van der Waals surface area contributed by atoms with Gasteiger partial charge in [0, 0.05) is 13.1 Å². The second kappa shape index (κ2) is 8.25. The van der Waals surface area contributed by atoms with E-state index in [1.165, 1.54) is 0 Å². The Balaban J connectivity index is 1.55. The number of carbonyl (C=O) groups is 1. The number of benzene rings is 1. The van der Waals surface area contributed by atoms with Gasteiger partial charge in [-0.2, -0.15) is 0 Å². The van der Waals surface area contributed by atoms with Crippen LogP contribution in [0.2, 0.25) is 0 Å². The smallest absolute Gasteiger partial charge is 0.410 e. The maximum Gasteiger partial charge on any atom is 0.410 e. The molecule has 1 aliphatic heterocycles. The van der Waals surface area contributed by atoms with Gasteiger partial charge in [-0.3, -0.25) is 4.98 Å². The van der Waals surface area contributed by atoms with Crippen molar-refractivity contribution in [3.05, 3.63) is 66.0 Å². The molecular weight excluding hydrogens is 340 g/mol. The zero-order valence-corrected chi connectivity index (χ0v) is 16.1. The van der Waals surface area contributed by atoms with Crippen LogP contribution in [0.15, 0.2) is 54.7 Å². The van der Waals surface area contributed by atoms with Gasteiger partial charge in [0.25, 0.3) is 0 Å². The topological polar surface area (TPSA) is 51.7 Å². The first kappa shape index (κ1) is 19.0. The quantitative estimate of drug-likeness (QED) is 0.788. The summed E-state index contributed by atoms with van der Waals surface area (Å²) in [6.07, 6.45) is 4.28. The average molecular weight is 366 g/mol. The molecule has 2 heterocycles. The van der Waals surface area contributed by atoms with Gasteiger partial charge >= 0.3 is 6.09 Å². The molecule has 0 saturated heterocycles. The molecule has 1 amide bonds. The molecule has 0 spiro atoms. The zero-order valence-electron chi connectivity index (χ0n) is 16.1. The minimum atomic E-state index is -0.474. The van der Waals surface area contributed by atoms with Crippen LogP contribution in [0.25, 0.3) is 5.57 Å². The number of carbonyl (C=O) groups excluding carboxylic acids is 1. The van der Waals surface area contributed by atoms with E-state index in [0.29, 0.717) is 19.7 Å². The molecule has 1 aromatic carbocycles. The third-order valence-electron chi connectivity index (χ3n) is 4.17. The normalized spacial score (nSPS) is 14.5. The Morgan fingerprint density at radius 1 is 1.15 bits per heavy atom. The Bertz CT molecular complexity index is 793. The largest absolute Gasteiger partial charge is 0.487 e. The van der Waals surface area contributed by atoms with Crippen molar-refractivity contribution in [1.82, 2.24) is 9.88 Å². The van der Waals surface area contributed by atoms with Crippen LogP contribution in [0.4, 0.5) is 4.79 Å². The molecule has 0 bridgehead atoms. The first-order chi connectivity index (χ1) is 12.9. The predicted molar refractivity (Wildman–Crippen MR) is 105 cm³/mol. The highest BCUT2D eigenvalue weighted by atomic mass is 16.6. The maximum atomic E-state index is 12.1. The molecule has 3 rings (SSSR count). The Morgan fingerprint density at radius 3 is 2.52 bits per heavy atom. The monoisotopic (exact) mass is 366 g/mol. The third-order valence-corrected chi connectivity index (χ3v) is 4.17. The van der Waals surface area contributed by atoms with Crippen LogP contribution < -0.4 is 4.74 Å². The van der Waals surface area contributed by atoms with E-state index in [1.54, 1.807) is 11.1 Å². The summed E-state index contributed by atoms with van der Waals surface area (Å²) in [5.41, 5.74) is 2.72. The van der Waals surface area contributed by atoms with Crippen molar-refractivity contribution in [2.45, 2.75) is 39.4 Å². The van der Waals surface area contributed by atoms with Crippen molar-refractivity contribution >= 4 is 11.7 Å². The summed E-state index contributed by atoms with van der Waals surface area (Å²) >= 11 is 0. The second-order valence-corrected chi connectivity index (χ2v) is 7.56. The van der Waals surface area contributed by atoms with Gasteiger partial charge in [0.05, 0.1) is 11.9 Å². The molecule has 0 saturated carbocycles. The van der Waals surface area contributed by atoms with Crippen LogP contribution in [0.3, 0.4) is 0 Å². The fourth-order valence-electron chi connectivity index (χ4n) is 2.79. The molecule has 5 heteroatoms. The van der Waals surface area contributed by atoms with Crippen molar-refractivity contribution in [2.24, 2.45) is 0 Å². The number of rotatable bonds is 4. The number of ether oxygens (including phenoxy) is 2. The van der Waals surface area contributed by atoms with E-state index in [9.17, 15) is 4.79 Å². The highest BCUT2D eigenvalue weighted by Gasteiger charge is 2.24. The van der Waals surface area contributed by atoms with E-state index in [4.69, 9.17) is 9.47 Å². The van der Waals surface area contributed by atoms with Crippen LogP contribution in [-0.2, 0) is 11.3 Å². The van der Waals surface area contributed by atoms with E-state index in [2.05, 4.69) is 4.98 Å². The molecule has 0 fully saturated rings. The number of hydrogen-bond acceptors (Lipinski definition) is 4. The Morgan fingerprint density at radius 2 is 1.93 bits per heavy atom. The number of pyridine rings is 1. The Labute approximate surface area is 160 Å². The standard InChI is InChI=1S/C22H26N2O3/c1-22(2,3)27-21(25)24-13-11-18(12-14-24)20-10-9-19(15-23-20)26-16-17-7-5-4-6-8-17/h4-11,15H,12-14,16H2,1-3H3. The summed E-state index contributed by atoms with van der Waals surface area (Å²) in [5.74, 6) is 0.745. The van der Waals surface area contributed by atoms with E-state index in [-0.39, 0.29) is 6.09 Å². The van der Waals surface area contributed by atoms with E-state index in [1.807, 2.05) is 69.3 Å². The molecule has 0 N–H and O–H groups in total. The minimum absolute atomic E-state index is 0.268. The lowest BCUT2D eigenvalue weighted by Crippen LogP contribution is -2.39. The summed E-state index contributed by atoms with van der Waals surface area (Å²) in [5, 5.41) is 0. The molecule has 1 aromatic heterocycles. The van der Waals surface area contributed by atoms with Gasteiger partial charge < -0.3 is 14.4 Å². The predicted octanol–water partition coefficient (Wildman–Crippen LogP) is 4.68. The van der Waals surface area contributed by atoms with Gasteiger partial charge in [0.2, 0.25) is 0 Å². The van der Waals surface area contributed by atoms with Gasteiger partial charge in [-0.25, -0.2) is 4.79 Å². The summed E-state index contributed by atoms with van der Waals surface area (Å²) in [7, 11) is 0. The molecule has 27 heavy (non-hydrogen) atoms. The van der Waals surface area contributed by atoms with Crippen molar-refractivity contribution in [2.75, 3.05) is 13.1 Å². The molecule has 0 radical (unpaired) electrons. The molecule has 142 valence electrons. The molecule has 5 nitrogen and oxygen atoms in total. The van der Waals surface area contributed by atoms with Crippen molar-refractivity contribution in [3.8, 4) is 5.75 Å². The van der Waals surface area contributed by atoms with Gasteiger partial charge in [0.15, 0.2) is 0 Å². The van der Waals surface area contributed by atoms with Gasteiger partial charge in [-0.15, -0.1) is 0 Å². The minimum Gasteiger partial charge on any atom is -0.487 e. The first-order valence-electron chi connectivity index (χ1n) is 9.21. The molecule has 0 unspecified atom stereocenters. The lowest BCUT2D eigenvalue weighted by atomic mass is 10.0. The molecule has 0 aliphatic carbocycles. The highest BCUT2D eigenvalue weighted by molar-refractivity contribution is 5.71. The summed E-state index contributed by atoms with van der Waals surface area (Å²) in [6, 6.07) is 14.0. The zero-order chi connectivity index (χ0) is 19.3. The average Bonchev–Trinajstić information content (AvgIpc) is 2.66. The molecule has 0 atom stereocenters. The maximum absolute atomic E-state index is 12.1. The highest BCUT2D eigenvalue weighted by Crippen LogP contribution is 2.23. The van der Waals surface area contributed by atoms with Crippen LogP contribution >= 0.6 is 0 Å².